The molecule has 0 unspecified atom stereocenters. The maximum Gasteiger partial charge on any atom is 0.235 e. The van der Waals surface area contributed by atoms with Crippen molar-refractivity contribution in [3.8, 4) is 34.3 Å². The van der Waals surface area contributed by atoms with Gasteiger partial charge in [-0.05, 0) is 55.0 Å². The van der Waals surface area contributed by atoms with Gasteiger partial charge in [0, 0.05) is 29.8 Å². The van der Waals surface area contributed by atoms with Crippen LogP contribution in [0.5, 0.6) is 23.1 Å². The summed E-state index contributed by atoms with van der Waals surface area (Å²) in [5.41, 5.74) is 1.70. The molecule has 4 aromatic rings. The van der Waals surface area contributed by atoms with Crippen LogP contribution in [0.2, 0.25) is 0 Å². The number of aryl methyl sites for hydroxylation is 1. The van der Waals surface area contributed by atoms with Crippen molar-refractivity contribution in [2.45, 2.75) is 6.92 Å². The Kier molecular flexibility index (Phi) is 5.62. The number of sulfonamides is 1. The number of ether oxygens (including phenoxy) is 1. The van der Waals surface area contributed by atoms with Gasteiger partial charge in [0.2, 0.25) is 15.9 Å². The van der Waals surface area contributed by atoms with Gasteiger partial charge in [0.1, 0.15) is 11.6 Å². The minimum absolute atomic E-state index is 0.130. The van der Waals surface area contributed by atoms with Crippen LogP contribution in [0.25, 0.3) is 22.0 Å². The summed E-state index contributed by atoms with van der Waals surface area (Å²) in [6.45, 7) is 1.50. The molecular formula is C23H20F2N2O5S. The molecule has 0 radical (unpaired) electrons. The first-order valence-corrected chi connectivity index (χ1v) is 11.5. The van der Waals surface area contributed by atoms with E-state index in [9.17, 15) is 27.4 Å². The van der Waals surface area contributed by atoms with E-state index in [-0.39, 0.29) is 34.6 Å². The number of hydrogen-bond acceptors (Lipinski definition) is 5. The molecule has 0 fully saturated rings. The number of aromatic hydroxyl groups is 2. The van der Waals surface area contributed by atoms with Gasteiger partial charge >= 0.3 is 0 Å². The Morgan fingerprint density at radius 1 is 1.00 bits per heavy atom. The summed E-state index contributed by atoms with van der Waals surface area (Å²) in [6.07, 6.45) is 0. The van der Waals surface area contributed by atoms with Crippen LogP contribution in [0.4, 0.5) is 14.5 Å². The minimum Gasteiger partial charge on any atom is -0.503 e. The zero-order valence-corrected chi connectivity index (χ0v) is 18.5. The Hall–Kier alpha value is -3.79. The van der Waals surface area contributed by atoms with E-state index in [1.165, 1.54) is 29.7 Å². The number of benzene rings is 3. The molecule has 0 saturated heterocycles. The van der Waals surface area contributed by atoms with Crippen molar-refractivity contribution in [2.75, 3.05) is 10.5 Å². The average Bonchev–Trinajstić information content (AvgIpc) is 3.00. The first-order valence-electron chi connectivity index (χ1n) is 9.88. The number of aromatic nitrogens is 1. The molecule has 0 aliphatic carbocycles. The van der Waals surface area contributed by atoms with E-state index < -0.39 is 21.7 Å². The number of halogens is 2. The smallest absolute Gasteiger partial charge is 0.235 e. The molecule has 7 nitrogen and oxygen atoms in total. The number of nitrogens with one attached hydrogen (secondary N) is 1. The van der Waals surface area contributed by atoms with Crippen molar-refractivity contribution in [2.24, 2.45) is 7.05 Å². The summed E-state index contributed by atoms with van der Waals surface area (Å²) in [4.78, 5) is 0. The van der Waals surface area contributed by atoms with Gasteiger partial charge in [-0.1, -0.05) is 6.07 Å². The van der Waals surface area contributed by atoms with Crippen molar-refractivity contribution >= 4 is 26.6 Å². The van der Waals surface area contributed by atoms with Gasteiger partial charge in [0.15, 0.2) is 17.3 Å². The van der Waals surface area contributed by atoms with Crippen LogP contribution in [0.3, 0.4) is 0 Å². The lowest BCUT2D eigenvalue weighted by Crippen LogP contribution is -2.14. The quantitative estimate of drug-likeness (QED) is 0.362. The number of fused-ring (bicyclic) bond motifs is 1. The maximum atomic E-state index is 14.2. The number of hydrogen-bond donors (Lipinski definition) is 3. The molecule has 3 aromatic carbocycles. The predicted molar refractivity (Wildman–Crippen MR) is 121 cm³/mol. The summed E-state index contributed by atoms with van der Waals surface area (Å²) in [6, 6.07) is 12.3. The first kappa shape index (κ1) is 22.4. The van der Waals surface area contributed by atoms with Crippen molar-refractivity contribution < 1.29 is 32.1 Å². The highest BCUT2D eigenvalue weighted by molar-refractivity contribution is 7.92. The van der Waals surface area contributed by atoms with Crippen LogP contribution in [0, 0.1) is 11.6 Å². The van der Waals surface area contributed by atoms with E-state index >= 15 is 0 Å². The zero-order valence-electron chi connectivity index (χ0n) is 17.6. The molecule has 3 N–H and O–H groups in total. The normalized spacial score (nSPS) is 11.6. The molecular weight excluding hydrogens is 454 g/mol. The lowest BCUT2D eigenvalue weighted by atomic mass is 10.0. The molecule has 1 heterocycles. The van der Waals surface area contributed by atoms with Crippen LogP contribution >= 0.6 is 0 Å². The first-order chi connectivity index (χ1) is 15.6. The van der Waals surface area contributed by atoms with Gasteiger partial charge in [0.05, 0.1) is 11.3 Å². The van der Waals surface area contributed by atoms with Gasteiger partial charge in [0.25, 0.3) is 0 Å². The van der Waals surface area contributed by atoms with Gasteiger partial charge in [-0.3, -0.25) is 4.72 Å². The summed E-state index contributed by atoms with van der Waals surface area (Å²) >= 11 is 0. The predicted octanol–water partition coefficient (Wildman–Crippen LogP) is 5.09. The largest absolute Gasteiger partial charge is 0.503 e. The zero-order chi connectivity index (χ0) is 23.9. The number of rotatable bonds is 6. The second-order valence-electron chi connectivity index (χ2n) is 7.36. The Bertz CT molecular complexity index is 1480. The van der Waals surface area contributed by atoms with Crippen LogP contribution in [0.15, 0.2) is 54.6 Å². The van der Waals surface area contributed by atoms with Gasteiger partial charge in [-0.15, -0.1) is 0 Å². The average molecular weight is 474 g/mol. The fourth-order valence-corrected chi connectivity index (χ4v) is 4.04. The molecule has 0 saturated carbocycles. The summed E-state index contributed by atoms with van der Waals surface area (Å²) < 4.78 is 61.1. The molecule has 1 aromatic heterocycles. The second-order valence-corrected chi connectivity index (χ2v) is 9.37. The molecule has 4 rings (SSSR count). The Labute approximate surface area is 188 Å². The summed E-state index contributed by atoms with van der Waals surface area (Å²) in [7, 11) is -1.99. The highest BCUT2D eigenvalue weighted by atomic mass is 32.2. The van der Waals surface area contributed by atoms with E-state index in [4.69, 9.17) is 4.74 Å². The third kappa shape index (κ3) is 4.29. The summed E-state index contributed by atoms with van der Waals surface area (Å²) in [5, 5.41) is 20.5. The van der Waals surface area contributed by atoms with Crippen molar-refractivity contribution in [1.29, 1.82) is 0 Å². The minimum atomic E-state index is -3.56. The lowest BCUT2D eigenvalue weighted by Gasteiger charge is -2.15. The Morgan fingerprint density at radius 2 is 1.73 bits per heavy atom. The number of nitrogens with zero attached hydrogens (tertiary/aromatic N) is 1. The fraction of sp³-hybridized carbons (Fsp3) is 0.130. The number of anilines is 1. The van der Waals surface area contributed by atoms with E-state index in [0.717, 1.165) is 12.1 Å². The van der Waals surface area contributed by atoms with Gasteiger partial charge < -0.3 is 19.5 Å². The fourth-order valence-electron chi connectivity index (χ4n) is 3.41. The van der Waals surface area contributed by atoms with Crippen LogP contribution in [0.1, 0.15) is 6.92 Å². The highest BCUT2D eigenvalue weighted by Crippen LogP contribution is 2.41. The molecule has 172 valence electrons. The van der Waals surface area contributed by atoms with Crippen LogP contribution in [-0.4, -0.2) is 29.0 Å². The molecule has 0 aliphatic rings. The van der Waals surface area contributed by atoms with E-state index in [0.29, 0.717) is 28.1 Å². The molecule has 0 aliphatic heterocycles. The van der Waals surface area contributed by atoms with Crippen molar-refractivity contribution in [3.63, 3.8) is 0 Å². The lowest BCUT2D eigenvalue weighted by molar-refractivity contribution is 0.383. The standard InChI is InChI=1S/C23H20F2N2O5S/c1-3-33(30,31)26-15-6-9-20(32-21-8-5-14(24)11-18(21)25)17(12-15)13-4-7-16-19(10-13)27(2)23(29)22(16)28/h4-12,26,28-29H,3H2,1-2H3. The Morgan fingerprint density at radius 3 is 2.42 bits per heavy atom. The van der Waals surface area contributed by atoms with Crippen molar-refractivity contribution in [1.82, 2.24) is 4.57 Å². The maximum absolute atomic E-state index is 14.2. The van der Waals surface area contributed by atoms with E-state index in [1.54, 1.807) is 25.2 Å². The summed E-state index contributed by atoms with van der Waals surface area (Å²) in [5.74, 6) is -2.39. The van der Waals surface area contributed by atoms with Crippen molar-refractivity contribution in [3.05, 3.63) is 66.2 Å². The topological polar surface area (TPSA) is 101 Å². The third-order valence-corrected chi connectivity index (χ3v) is 6.51. The monoisotopic (exact) mass is 474 g/mol. The molecule has 0 atom stereocenters. The van der Waals surface area contributed by atoms with Gasteiger partial charge in [-0.2, -0.15) is 0 Å². The highest BCUT2D eigenvalue weighted by Gasteiger charge is 2.18. The molecule has 33 heavy (non-hydrogen) atoms. The molecule has 10 heteroatoms. The van der Waals surface area contributed by atoms with E-state index in [2.05, 4.69) is 4.72 Å². The van der Waals surface area contributed by atoms with Gasteiger partial charge in [-0.25, -0.2) is 17.2 Å². The second kappa shape index (κ2) is 8.28. The molecule has 0 bridgehead atoms. The molecule has 0 amide bonds. The Balaban J connectivity index is 1.87. The third-order valence-electron chi connectivity index (χ3n) is 5.20. The molecule has 0 spiro atoms. The van der Waals surface area contributed by atoms with Crippen LogP contribution in [-0.2, 0) is 17.1 Å². The van der Waals surface area contributed by atoms with Crippen LogP contribution < -0.4 is 9.46 Å². The van der Waals surface area contributed by atoms with E-state index in [1.807, 2.05) is 0 Å². The SMILES string of the molecule is CCS(=O)(=O)Nc1ccc(Oc2ccc(F)cc2F)c(-c2ccc3c(O)c(O)n(C)c3c2)c1.